The Hall–Kier alpha value is -2.29. The van der Waals surface area contributed by atoms with Gasteiger partial charge in [0.2, 0.25) is 0 Å². The van der Waals surface area contributed by atoms with Crippen LogP contribution in [0.2, 0.25) is 0 Å². The average Bonchev–Trinajstić information content (AvgIpc) is 2.76. The van der Waals surface area contributed by atoms with E-state index in [4.69, 9.17) is 9.72 Å². The van der Waals surface area contributed by atoms with E-state index in [-0.39, 0.29) is 0 Å². The summed E-state index contributed by atoms with van der Waals surface area (Å²) in [4.78, 5) is 4.72. The lowest BCUT2D eigenvalue weighted by atomic mass is 10.2. The number of hydrogen-bond acceptors (Lipinski definition) is 2. The summed E-state index contributed by atoms with van der Waals surface area (Å²) in [6.45, 7) is 2.09. The molecule has 3 aromatic rings. The van der Waals surface area contributed by atoms with Gasteiger partial charge in [-0.1, -0.05) is 18.2 Å². The van der Waals surface area contributed by atoms with Crippen molar-refractivity contribution in [2.75, 3.05) is 7.11 Å². The average molecular weight is 252 g/mol. The smallest absolute Gasteiger partial charge is 0.144 e. The summed E-state index contributed by atoms with van der Waals surface area (Å²) in [6.07, 6.45) is 0. The van der Waals surface area contributed by atoms with Crippen LogP contribution in [0.3, 0.4) is 0 Å². The van der Waals surface area contributed by atoms with Crippen molar-refractivity contribution in [3.63, 3.8) is 0 Å². The molecule has 0 saturated heterocycles. The highest BCUT2D eigenvalue weighted by Gasteiger charge is 2.13. The SMILES string of the molecule is COc1ccccc1-c1nc2ccc(C)cc2n1C. The Kier molecular flexibility index (Phi) is 2.75. The second-order valence-corrected chi connectivity index (χ2v) is 4.69. The van der Waals surface area contributed by atoms with Crippen LogP contribution in [0.15, 0.2) is 42.5 Å². The number of rotatable bonds is 2. The molecular formula is C16H16N2O. The predicted molar refractivity (Wildman–Crippen MR) is 77.4 cm³/mol. The van der Waals surface area contributed by atoms with Crippen molar-refractivity contribution in [2.45, 2.75) is 6.92 Å². The molecule has 1 heterocycles. The molecule has 0 radical (unpaired) electrons. The molecule has 0 amide bonds. The minimum atomic E-state index is 0.845. The number of ether oxygens (including phenoxy) is 1. The summed E-state index contributed by atoms with van der Waals surface area (Å²) >= 11 is 0. The summed E-state index contributed by atoms with van der Waals surface area (Å²) in [6, 6.07) is 14.3. The van der Waals surface area contributed by atoms with E-state index in [9.17, 15) is 0 Å². The normalized spacial score (nSPS) is 10.9. The molecule has 2 aromatic carbocycles. The largest absolute Gasteiger partial charge is 0.496 e. The number of hydrogen-bond donors (Lipinski definition) is 0. The third-order valence-electron chi connectivity index (χ3n) is 3.38. The lowest BCUT2D eigenvalue weighted by molar-refractivity contribution is 0.416. The molecule has 0 aliphatic carbocycles. The van der Waals surface area contributed by atoms with Crippen molar-refractivity contribution < 1.29 is 4.74 Å². The molecule has 19 heavy (non-hydrogen) atoms. The summed E-state index contributed by atoms with van der Waals surface area (Å²) in [5.41, 5.74) is 4.40. The zero-order chi connectivity index (χ0) is 13.4. The Morgan fingerprint density at radius 3 is 2.68 bits per heavy atom. The van der Waals surface area contributed by atoms with Crippen LogP contribution in [0, 0.1) is 6.92 Å². The first-order valence-corrected chi connectivity index (χ1v) is 6.27. The molecule has 0 aliphatic heterocycles. The Labute approximate surface area is 112 Å². The zero-order valence-electron chi connectivity index (χ0n) is 11.3. The van der Waals surface area contributed by atoms with E-state index in [0.29, 0.717) is 0 Å². The van der Waals surface area contributed by atoms with Crippen molar-refractivity contribution in [3.05, 3.63) is 48.0 Å². The van der Waals surface area contributed by atoms with E-state index in [1.807, 2.05) is 31.3 Å². The summed E-state index contributed by atoms with van der Waals surface area (Å²) in [5, 5.41) is 0. The molecule has 0 aliphatic rings. The van der Waals surface area contributed by atoms with E-state index in [0.717, 1.165) is 28.2 Å². The number of benzene rings is 2. The Morgan fingerprint density at radius 1 is 1.11 bits per heavy atom. The van der Waals surface area contributed by atoms with Crippen molar-refractivity contribution in [1.82, 2.24) is 9.55 Å². The van der Waals surface area contributed by atoms with Crippen LogP contribution in [-0.2, 0) is 7.05 Å². The van der Waals surface area contributed by atoms with Gasteiger partial charge in [0.05, 0.1) is 23.7 Å². The monoisotopic (exact) mass is 252 g/mol. The Morgan fingerprint density at radius 2 is 1.89 bits per heavy atom. The van der Waals surface area contributed by atoms with E-state index in [1.165, 1.54) is 5.56 Å². The van der Waals surface area contributed by atoms with E-state index < -0.39 is 0 Å². The fraction of sp³-hybridized carbons (Fsp3) is 0.188. The lowest BCUT2D eigenvalue weighted by Gasteiger charge is -2.07. The van der Waals surface area contributed by atoms with Gasteiger partial charge in [-0.2, -0.15) is 0 Å². The maximum absolute atomic E-state index is 5.42. The highest BCUT2D eigenvalue weighted by atomic mass is 16.5. The molecular weight excluding hydrogens is 236 g/mol. The predicted octanol–water partition coefficient (Wildman–Crippen LogP) is 3.56. The van der Waals surface area contributed by atoms with E-state index in [2.05, 4.69) is 29.7 Å². The topological polar surface area (TPSA) is 27.1 Å². The molecule has 3 rings (SSSR count). The van der Waals surface area contributed by atoms with Gasteiger partial charge < -0.3 is 9.30 Å². The van der Waals surface area contributed by atoms with Gasteiger partial charge in [0, 0.05) is 7.05 Å². The van der Waals surface area contributed by atoms with Crippen molar-refractivity contribution >= 4 is 11.0 Å². The lowest BCUT2D eigenvalue weighted by Crippen LogP contribution is -1.95. The highest BCUT2D eigenvalue weighted by Crippen LogP contribution is 2.31. The highest BCUT2D eigenvalue weighted by molar-refractivity contribution is 5.82. The van der Waals surface area contributed by atoms with Crippen LogP contribution in [-0.4, -0.2) is 16.7 Å². The Balaban J connectivity index is 2.28. The molecule has 0 bridgehead atoms. The van der Waals surface area contributed by atoms with Gasteiger partial charge in [0.25, 0.3) is 0 Å². The maximum atomic E-state index is 5.42. The number of para-hydroxylation sites is 1. The quantitative estimate of drug-likeness (QED) is 0.697. The van der Waals surface area contributed by atoms with Crippen molar-refractivity contribution in [1.29, 1.82) is 0 Å². The van der Waals surface area contributed by atoms with Gasteiger partial charge >= 0.3 is 0 Å². The van der Waals surface area contributed by atoms with Gasteiger partial charge in [-0.3, -0.25) is 0 Å². The summed E-state index contributed by atoms with van der Waals surface area (Å²) < 4.78 is 7.53. The van der Waals surface area contributed by atoms with E-state index in [1.54, 1.807) is 7.11 Å². The molecule has 0 atom stereocenters. The number of aryl methyl sites for hydroxylation is 2. The third kappa shape index (κ3) is 1.87. The fourth-order valence-electron chi connectivity index (χ4n) is 2.37. The van der Waals surface area contributed by atoms with Crippen LogP contribution in [0.1, 0.15) is 5.56 Å². The standard InChI is InChI=1S/C16H16N2O/c1-11-8-9-13-14(10-11)18(2)16(17-13)12-6-4-5-7-15(12)19-3/h4-10H,1-3H3. The van der Waals surface area contributed by atoms with Crippen LogP contribution >= 0.6 is 0 Å². The molecule has 0 unspecified atom stereocenters. The van der Waals surface area contributed by atoms with Gasteiger partial charge in [-0.25, -0.2) is 4.98 Å². The van der Waals surface area contributed by atoms with Crippen LogP contribution in [0.25, 0.3) is 22.4 Å². The molecule has 3 heteroatoms. The van der Waals surface area contributed by atoms with Crippen molar-refractivity contribution in [3.8, 4) is 17.1 Å². The van der Waals surface area contributed by atoms with Gasteiger partial charge in [0.15, 0.2) is 0 Å². The molecule has 0 fully saturated rings. The first-order chi connectivity index (χ1) is 9.20. The zero-order valence-corrected chi connectivity index (χ0v) is 11.3. The van der Waals surface area contributed by atoms with Crippen LogP contribution in [0.5, 0.6) is 5.75 Å². The van der Waals surface area contributed by atoms with Gasteiger partial charge in [-0.05, 0) is 36.8 Å². The maximum Gasteiger partial charge on any atom is 0.144 e. The van der Waals surface area contributed by atoms with E-state index >= 15 is 0 Å². The number of methoxy groups -OCH3 is 1. The first-order valence-electron chi connectivity index (χ1n) is 6.27. The Bertz CT molecular complexity index is 744. The number of imidazole rings is 1. The van der Waals surface area contributed by atoms with Crippen LogP contribution in [0.4, 0.5) is 0 Å². The summed E-state index contributed by atoms with van der Waals surface area (Å²) in [5.74, 6) is 1.77. The minimum absolute atomic E-state index is 0.845. The second-order valence-electron chi connectivity index (χ2n) is 4.69. The van der Waals surface area contributed by atoms with Gasteiger partial charge in [-0.15, -0.1) is 0 Å². The third-order valence-corrected chi connectivity index (χ3v) is 3.38. The molecule has 0 N–H and O–H groups in total. The van der Waals surface area contributed by atoms with Gasteiger partial charge in [0.1, 0.15) is 11.6 Å². The summed E-state index contributed by atoms with van der Waals surface area (Å²) in [7, 11) is 3.72. The minimum Gasteiger partial charge on any atom is -0.496 e. The number of nitrogens with zero attached hydrogens (tertiary/aromatic N) is 2. The first kappa shape index (κ1) is 11.8. The van der Waals surface area contributed by atoms with Crippen molar-refractivity contribution in [2.24, 2.45) is 7.05 Å². The second kappa shape index (κ2) is 4.43. The molecule has 1 aromatic heterocycles. The fourth-order valence-corrected chi connectivity index (χ4v) is 2.37. The molecule has 96 valence electrons. The number of aromatic nitrogens is 2. The molecule has 3 nitrogen and oxygen atoms in total. The molecule has 0 spiro atoms. The molecule has 0 saturated carbocycles. The number of fused-ring (bicyclic) bond motifs is 1. The van der Waals surface area contributed by atoms with Crippen LogP contribution < -0.4 is 4.74 Å².